The Morgan fingerprint density at radius 1 is 0.585 bits per heavy atom. The van der Waals surface area contributed by atoms with Gasteiger partial charge in [-0.25, -0.2) is 9.36 Å². The maximum absolute atomic E-state index is 11.3. The molecule has 2 spiro atoms. The second-order valence-electron chi connectivity index (χ2n) is 30.3. The number of ether oxygens (including phenoxy) is 2. The number of likely N-dealkylation sites (tertiary alicyclic amines) is 2. The van der Waals surface area contributed by atoms with Crippen LogP contribution in [0.15, 0.2) is 58.0 Å². The monoisotopic (exact) mass is 1130 g/mol. The summed E-state index contributed by atoms with van der Waals surface area (Å²) in [4.78, 5) is 5.11. The molecular weight excluding hydrogens is 1030 g/mol. The van der Waals surface area contributed by atoms with Crippen LogP contribution in [-0.2, 0) is 35.7 Å². The number of aliphatic hydroxyl groups excluding tert-OH is 6. The summed E-state index contributed by atoms with van der Waals surface area (Å²) in [6, 6.07) is 0.456. The van der Waals surface area contributed by atoms with Crippen LogP contribution in [0.3, 0.4) is 0 Å². The van der Waals surface area contributed by atoms with E-state index in [4.69, 9.17) is 9.47 Å². The van der Waals surface area contributed by atoms with Gasteiger partial charge in [0.15, 0.2) is 0 Å². The Balaban J connectivity index is 0.589. The molecule has 8 fully saturated rings. The molecule has 16 nitrogen and oxygen atoms in total. The predicted octanol–water partition coefficient (Wildman–Crippen LogP) is 7.47. The molecule has 2 aromatic heterocycles. The number of hydrogen-bond acceptors (Lipinski definition) is 14. The Morgan fingerprint density at radius 3 is 1.41 bits per heavy atom. The van der Waals surface area contributed by atoms with Gasteiger partial charge in [-0.3, -0.25) is 9.80 Å². The van der Waals surface area contributed by atoms with E-state index in [1.807, 2.05) is 12.4 Å². The van der Waals surface area contributed by atoms with Gasteiger partial charge in [0.25, 0.3) is 0 Å². The van der Waals surface area contributed by atoms with E-state index in [0.29, 0.717) is 72.3 Å². The van der Waals surface area contributed by atoms with Gasteiger partial charge in [-0.1, -0.05) is 86.4 Å². The SMILES string of the molecule is CC1=C2C[C@H]3[C@@H](CC=C4C[C@@H](O)CC[C@@]43C)[C@@H]2CC[C@]12O[C@@H]1C[C@H](C)CN(Cc3cn(CC(O)C(O)C(O)C(O)Cn4cc(CN5C[C@@H](C)C[C@H]6O[C@]7(CC[C@@H]8C(=C7C)C[C@H]7[C@H]8CC=C8C[C@@H](O)CC[C@@]87C)[C@H](C)[C@@H]65)nn4)nn3)[C@H]1[C@H]2C. The number of aliphatic hydroxyl groups is 6. The molecule has 6 N–H and O–H groups in total. The highest BCUT2D eigenvalue weighted by atomic mass is 16.5. The molecule has 8 aliphatic carbocycles. The number of aromatic nitrogens is 6. The first kappa shape index (κ1) is 56.6. The Kier molecular flexibility index (Phi) is 14.3. The van der Waals surface area contributed by atoms with E-state index in [0.717, 1.165) is 114 Å². The average molecular weight is 1130 g/mol. The molecule has 24 atom stereocenters. The fourth-order valence-electron chi connectivity index (χ4n) is 21.8. The second-order valence-corrected chi connectivity index (χ2v) is 30.3. The first-order valence-corrected chi connectivity index (χ1v) is 32.7. The summed E-state index contributed by atoms with van der Waals surface area (Å²) in [6.45, 7) is 22.1. The lowest BCUT2D eigenvalue weighted by molar-refractivity contribution is -0.112. The van der Waals surface area contributed by atoms with E-state index in [-0.39, 0.29) is 71.6 Å². The Morgan fingerprint density at radius 2 is 1.00 bits per heavy atom. The maximum atomic E-state index is 11.3. The van der Waals surface area contributed by atoms with Crippen molar-refractivity contribution < 1.29 is 40.1 Å². The van der Waals surface area contributed by atoms with Crippen LogP contribution < -0.4 is 0 Å². The predicted molar refractivity (Wildman–Crippen MR) is 309 cm³/mol. The molecule has 12 aliphatic rings. The molecule has 4 saturated heterocycles. The van der Waals surface area contributed by atoms with E-state index in [1.54, 1.807) is 11.1 Å². The van der Waals surface area contributed by atoms with E-state index in [2.05, 4.69) is 98.0 Å². The normalized spacial score (nSPS) is 45.8. The van der Waals surface area contributed by atoms with Gasteiger partial charge in [0.1, 0.15) is 24.4 Å². The Bertz CT molecular complexity index is 2710. The number of hydrogen-bond donors (Lipinski definition) is 6. The number of nitrogens with zero attached hydrogens (tertiary/aromatic N) is 8. The zero-order valence-corrected chi connectivity index (χ0v) is 50.5. The lowest BCUT2D eigenvalue weighted by atomic mass is 9.56. The molecule has 0 radical (unpaired) electrons. The number of fused-ring (bicyclic) bond motifs is 12. The van der Waals surface area contributed by atoms with Gasteiger partial charge in [-0.2, -0.15) is 0 Å². The van der Waals surface area contributed by atoms with Gasteiger partial charge >= 0.3 is 0 Å². The van der Waals surface area contributed by atoms with Crippen molar-refractivity contribution >= 4 is 0 Å². The van der Waals surface area contributed by atoms with Crippen LogP contribution in [0, 0.1) is 70.0 Å². The fraction of sp³-hybridized carbons (Fsp3) is 0.818. The maximum Gasteiger partial charge on any atom is 0.110 e. The summed E-state index contributed by atoms with van der Waals surface area (Å²) in [5, 5.41) is 84.2. The summed E-state index contributed by atoms with van der Waals surface area (Å²) in [7, 11) is 0. The zero-order valence-electron chi connectivity index (χ0n) is 50.5. The molecule has 0 bridgehead atoms. The van der Waals surface area contributed by atoms with Crippen LogP contribution in [0.1, 0.15) is 170 Å². The molecule has 0 amide bonds. The van der Waals surface area contributed by atoms with Crippen molar-refractivity contribution in [3.8, 4) is 0 Å². The van der Waals surface area contributed by atoms with Gasteiger partial charge < -0.3 is 40.1 Å². The smallest absolute Gasteiger partial charge is 0.110 e. The zero-order chi connectivity index (χ0) is 57.1. The molecule has 82 heavy (non-hydrogen) atoms. The lowest BCUT2D eigenvalue weighted by Gasteiger charge is -2.49. The largest absolute Gasteiger partial charge is 0.393 e. The van der Waals surface area contributed by atoms with Crippen LogP contribution in [0.4, 0.5) is 0 Å². The van der Waals surface area contributed by atoms with E-state index in [9.17, 15) is 30.6 Å². The van der Waals surface area contributed by atoms with Crippen molar-refractivity contribution in [2.75, 3.05) is 13.1 Å². The Hall–Kier alpha value is -3.16. The molecule has 4 unspecified atom stereocenters. The topological polar surface area (TPSA) is 208 Å². The minimum absolute atomic E-state index is 0.106. The average Bonchev–Trinajstić information content (AvgIpc) is 4.44. The highest BCUT2D eigenvalue weighted by molar-refractivity contribution is 5.41. The van der Waals surface area contributed by atoms with Crippen molar-refractivity contribution in [3.05, 3.63) is 69.4 Å². The van der Waals surface area contributed by atoms with E-state index in [1.165, 1.54) is 44.5 Å². The summed E-state index contributed by atoms with van der Waals surface area (Å²) in [5.41, 5.74) is 10.7. The third-order valence-corrected chi connectivity index (χ3v) is 26.0. The second kappa shape index (κ2) is 20.7. The molecule has 4 aliphatic heterocycles. The summed E-state index contributed by atoms with van der Waals surface area (Å²) in [5.74, 6) is 5.37. The first-order chi connectivity index (χ1) is 39.2. The summed E-state index contributed by atoms with van der Waals surface area (Å²) < 4.78 is 17.9. The molecule has 6 heterocycles. The highest BCUT2D eigenvalue weighted by Crippen LogP contribution is 2.67. The number of piperidine rings is 2. The number of allylic oxidation sites excluding steroid dienone is 4. The molecule has 16 heteroatoms. The Labute approximate surface area is 486 Å². The molecule has 2 aromatic rings. The van der Waals surface area contributed by atoms with Gasteiger partial charge in [0, 0.05) is 62.5 Å². The van der Waals surface area contributed by atoms with Gasteiger partial charge in [0.05, 0.1) is 60.1 Å². The molecule has 4 saturated carbocycles. The van der Waals surface area contributed by atoms with E-state index >= 15 is 0 Å². The quantitative estimate of drug-likeness (QED) is 0.121. The van der Waals surface area contributed by atoms with Gasteiger partial charge in [0.2, 0.25) is 0 Å². The van der Waals surface area contributed by atoms with Crippen molar-refractivity contribution in [2.45, 2.75) is 256 Å². The van der Waals surface area contributed by atoms with Crippen LogP contribution >= 0.6 is 0 Å². The molecular formula is C66H98N8O8. The fourth-order valence-corrected chi connectivity index (χ4v) is 21.8. The van der Waals surface area contributed by atoms with Crippen molar-refractivity contribution in [2.24, 2.45) is 70.0 Å². The number of rotatable bonds is 11. The van der Waals surface area contributed by atoms with Gasteiger partial charge in [-0.15, -0.1) is 10.2 Å². The molecule has 14 rings (SSSR count). The van der Waals surface area contributed by atoms with Crippen LogP contribution in [0.25, 0.3) is 0 Å². The molecule has 0 aromatic carbocycles. The third kappa shape index (κ3) is 8.90. The lowest BCUT2D eigenvalue weighted by Crippen LogP contribution is -2.51. The van der Waals surface area contributed by atoms with E-state index < -0.39 is 24.4 Å². The highest BCUT2D eigenvalue weighted by Gasteiger charge is 2.64. The third-order valence-electron chi connectivity index (χ3n) is 26.0. The van der Waals surface area contributed by atoms with Gasteiger partial charge in [-0.05, 0) is 186 Å². The minimum atomic E-state index is -1.65. The van der Waals surface area contributed by atoms with Crippen LogP contribution in [-0.4, -0.2) is 156 Å². The van der Waals surface area contributed by atoms with Crippen LogP contribution in [0.2, 0.25) is 0 Å². The van der Waals surface area contributed by atoms with Crippen molar-refractivity contribution in [3.63, 3.8) is 0 Å². The van der Waals surface area contributed by atoms with Crippen molar-refractivity contribution in [1.82, 2.24) is 39.8 Å². The standard InChI is InChI=1S/C66H98N8O8/c1-35-21-57-59(39(5)65(81-57)19-15-47-49-11-9-41-23-45(75)13-17-63(41,7)53(49)25-51(47)37(65)3)71(27-35)29-43-31-73(69-67-43)33-55(77)61(79)62(80)56(78)34-74-32-44(68-70-74)30-72-28-36(2)22-58-60(72)40(6)66(82-58)20-16-48-50-12-10-42-24-46(76)14-18-64(42,8)54(50)26-52(48)38(66)4/h9-10,31-32,35-36,39-40,45-50,53-62,75-80H,11-30,33-34H2,1-8H3/t35-,36-,39+,40+,45-,46-,47-,48-,49-,50-,53-,54-,55?,56?,57+,58+,59-,60-,61?,62?,63-,64-,65-,66-/m0/s1. The molecule has 450 valence electrons. The first-order valence-electron chi connectivity index (χ1n) is 32.7. The van der Waals surface area contributed by atoms with Crippen LogP contribution in [0.5, 0.6) is 0 Å². The summed E-state index contributed by atoms with van der Waals surface area (Å²) in [6.07, 6.45) is 19.2. The summed E-state index contributed by atoms with van der Waals surface area (Å²) >= 11 is 0. The van der Waals surface area contributed by atoms with Crippen molar-refractivity contribution in [1.29, 1.82) is 0 Å². The minimum Gasteiger partial charge on any atom is -0.393 e.